The molecule has 1 aliphatic rings. The Hall–Kier alpha value is -1.40. The lowest BCUT2D eigenvalue weighted by Crippen LogP contribution is -2.19. The fourth-order valence-corrected chi connectivity index (χ4v) is 2.99. The molecule has 5 nitrogen and oxygen atoms in total. The van der Waals surface area contributed by atoms with Crippen LogP contribution >= 0.6 is 15.9 Å². The number of carbonyl (C=O) groups is 1. The molecule has 106 valence electrons. The summed E-state index contributed by atoms with van der Waals surface area (Å²) in [5.41, 5.74) is 1.30. The van der Waals surface area contributed by atoms with Crippen LogP contribution in [0, 0.1) is 0 Å². The van der Waals surface area contributed by atoms with E-state index >= 15 is 0 Å². The van der Waals surface area contributed by atoms with Crippen LogP contribution in [0.3, 0.4) is 0 Å². The van der Waals surface area contributed by atoms with Crippen molar-refractivity contribution in [3.05, 3.63) is 28.4 Å². The maximum absolute atomic E-state index is 11.7. The molecule has 20 heavy (non-hydrogen) atoms. The predicted octanol–water partition coefficient (Wildman–Crippen LogP) is 2.94. The Balaban J connectivity index is 2.00. The quantitative estimate of drug-likeness (QED) is 0.790. The van der Waals surface area contributed by atoms with Gasteiger partial charge in [0.1, 0.15) is 0 Å². The molecule has 0 radical (unpaired) electrons. The Morgan fingerprint density at radius 1 is 1.45 bits per heavy atom. The third kappa shape index (κ3) is 2.45. The van der Waals surface area contributed by atoms with Gasteiger partial charge < -0.3 is 9.47 Å². The summed E-state index contributed by atoms with van der Waals surface area (Å²) in [4.78, 5) is 11.7. The number of carbonyl (C=O) groups excluding carboxylic acids is 1. The van der Waals surface area contributed by atoms with Crippen LogP contribution in [0.2, 0.25) is 0 Å². The van der Waals surface area contributed by atoms with Gasteiger partial charge in [0.15, 0.2) is 0 Å². The molecule has 3 rings (SSSR count). The number of esters is 1. The van der Waals surface area contributed by atoms with Gasteiger partial charge in [0, 0.05) is 29.3 Å². The van der Waals surface area contributed by atoms with Crippen molar-refractivity contribution in [2.75, 3.05) is 20.3 Å². The zero-order chi connectivity index (χ0) is 14.1. The Bertz CT molecular complexity index is 647. The summed E-state index contributed by atoms with van der Waals surface area (Å²) < 4.78 is 12.9. The lowest BCUT2D eigenvalue weighted by atomic mass is 10.1. The number of fused-ring (bicyclic) bond motifs is 1. The minimum atomic E-state index is -0.362. The van der Waals surface area contributed by atoms with Crippen molar-refractivity contribution >= 4 is 32.8 Å². The number of nitrogens with zero attached hydrogens (tertiary/aromatic N) is 2. The minimum Gasteiger partial charge on any atom is -0.465 e. The van der Waals surface area contributed by atoms with Crippen LogP contribution in [0.4, 0.5) is 0 Å². The summed E-state index contributed by atoms with van der Waals surface area (Å²) >= 11 is 3.41. The molecule has 1 aliphatic heterocycles. The molecular formula is C14H15BrN2O3. The number of halogens is 1. The van der Waals surface area contributed by atoms with Crippen LogP contribution in [-0.4, -0.2) is 36.1 Å². The standard InChI is InChI=1S/C14H15BrN2O3/c1-19-14(18)11-7-13-9(6-12(11)15)8-17(16-13)10-2-4-20-5-3-10/h6-8,10H,2-5H2,1H3. The maximum Gasteiger partial charge on any atom is 0.339 e. The predicted molar refractivity (Wildman–Crippen MR) is 77.9 cm³/mol. The van der Waals surface area contributed by atoms with E-state index in [1.165, 1.54) is 7.11 Å². The van der Waals surface area contributed by atoms with E-state index in [9.17, 15) is 4.79 Å². The Labute approximate surface area is 125 Å². The Kier molecular flexibility index (Phi) is 3.76. The first-order chi connectivity index (χ1) is 9.69. The van der Waals surface area contributed by atoms with E-state index < -0.39 is 0 Å². The third-order valence-electron chi connectivity index (χ3n) is 3.58. The van der Waals surface area contributed by atoms with Crippen molar-refractivity contribution in [1.29, 1.82) is 0 Å². The second-order valence-corrected chi connectivity index (χ2v) is 5.69. The highest BCUT2D eigenvalue weighted by Gasteiger charge is 2.18. The largest absolute Gasteiger partial charge is 0.465 e. The number of hydrogen-bond donors (Lipinski definition) is 0. The molecule has 0 N–H and O–H groups in total. The van der Waals surface area contributed by atoms with Gasteiger partial charge in [-0.2, -0.15) is 5.10 Å². The van der Waals surface area contributed by atoms with Gasteiger partial charge in [-0.15, -0.1) is 0 Å². The van der Waals surface area contributed by atoms with Gasteiger partial charge in [0.2, 0.25) is 0 Å². The number of methoxy groups -OCH3 is 1. The average molecular weight is 339 g/mol. The first-order valence-corrected chi connectivity index (χ1v) is 7.33. The number of rotatable bonds is 2. The fourth-order valence-electron chi connectivity index (χ4n) is 2.47. The van der Waals surface area contributed by atoms with Crippen LogP contribution in [0.15, 0.2) is 22.8 Å². The van der Waals surface area contributed by atoms with E-state index in [-0.39, 0.29) is 5.97 Å². The van der Waals surface area contributed by atoms with Crippen LogP contribution in [0.5, 0.6) is 0 Å². The molecule has 0 atom stereocenters. The lowest BCUT2D eigenvalue weighted by molar-refractivity contribution is 0.0600. The topological polar surface area (TPSA) is 53.3 Å². The molecule has 0 aliphatic carbocycles. The maximum atomic E-state index is 11.7. The van der Waals surface area contributed by atoms with Gasteiger partial charge in [-0.1, -0.05) is 0 Å². The number of ether oxygens (including phenoxy) is 2. The molecule has 6 heteroatoms. The van der Waals surface area contributed by atoms with Crippen molar-refractivity contribution < 1.29 is 14.3 Å². The van der Waals surface area contributed by atoms with Crippen LogP contribution in [0.1, 0.15) is 29.2 Å². The monoisotopic (exact) mass is 338 g/mol. The molecule has 0 spiro atoms. The Morgan fingerprint density at radius 2 is 2.20 bits per heavy atom. The Morgan fingerprint density at radius 3 is 2.90 bits per heavy atom. The van der Waals surface area contributed by atoms with Gasteiger partial charge >= 0.3 is 5.97 Å². The normalized spacial score (nSPS) is 16.5. The molecule has 0 amide bonds. The number of aromatic nitrogens is 2. The summed E-state index contributed by atoms with van der Waals surface area (Å²) in [6.07, 6.45) is 3.97. The third-order valence-corrected chi connectivity index (χ3v) is 4.24. The van der Waals surface area contributed by atoms with Crippen LogP contribution in [0.25, 0.3) is 10.9 Å². The number of benzene rings is 1. The molecule has 0 saturated carbocycles. The van der Waals surface area contributed by atoms with Crippen LogP contribution in [-0.2, 0) is 9.47 Å². The highest BCUT2D eigenvalue weighted by atomic mass is 79.9. The molecule has 2 heterocycles. The molecule has 1 fully saturated rings. The summed E-state index contributed by atoms with van der Waals surface area (Å²) in [6.45, 7) is 1.55. The smallest absolute Gasteiger partial charge is 0.339 e. The molecule has 0 unspecified atom stereocenters. The first kappa shape index (κ1) is 13.6. The van der Waals surface area contributed by atoms with Gasteiger partial charge in [0.25, 0.3) is 0 Å². The summed E-state index contributed by atoms with van der Waals surface area (Å²) in [7, 11) is 1.37. The average Bonchev–Trinajstić information content (AvgIpc) is 2.89. The molecule has 1 saturated heterocycles. The zero-order valence-electron chi connectivity index (χ0n) is 11.1. The summed E-state index contributed by atoms with van der Waals surface area (Å²) in [5.74, 6) is -0.362. The van der Waals surface area contributed by atoms with Crippen molar-refractivity contribution in [3.63, 3.8) is 0 Å². The molecular weight excluding hydrogens is 324 g/mol. The highest BCUT2D eigenvalue weighted by Crippen LogP contribution is 2.27. The van der Waals surface area contributed by atoms with Gasteiger partial charge in [-0.05, 0) is 40.9 Å². The first-order valence-electron chi connectivity index (χ1n) is 6.53. The van der Waals surface area contributed by atoms with Crippen molar-refractivity contribution in [2.45, 2.75) is 18.9 Å². The van der Waals surface area contributed by atoms with Crippen LogP contribution < -0.4 is 0 Å². The summed E-state index contributed by atoms with van der Waals surface area (Å²) in [6, 6.07) is 4.04. The van der Waals surface area contributed by atoms with Crippen molar-refractivity contribution in [3.8, 4) is 0 Å². The highest BCUT2D eigenvalue weighted by molar-refractivity contribution is 9.10. The SMILES string of the molecule is COC(=O)c1cc2nn(C3CCOCC3)cc2cc1Br. The molecule has 1 aromatic carbocycles. The van der Waals surface area contributed by atoms with E-state index in [1.54, 1.807) is 6.07 Å². The van der Waals surface area contributed by atoms with E-state index in [0.717, 1.165) is 41.4 Å². The van der Waals surface area contributed by atoms with Crippen molar-refractivity contribution in [2.24, 2.45) is 0 Å². The molecule has 2 aromatic rings. The van der Waals surface area contributed by atoms with E-state index in [1.807, 2.05) is 16.9 Å². The second-order valence-electron chi connectivity index (χ2n) is 4.84. The summed E-state index contributed by atoms with van der Waals surface area (Å²) in [5, 5.41) is 5.60. The van der Waals surface area contributed by atoms with E-state index in [0.29, 0.717) is 11.6 Å². The molecule has 0 bridgehead atoms. The van der Waals surface area contributed by atoms with Gasteiger partial charge in [-0.3, -0.25) is 4.68 Å². The molecule has 1 aromatic heterocycles. The van der Waals surface area contributed by atoms with Crippen molar-refractivity contribution in [1.82, 2.24) is 9.78 Å². The number of hydrogen-bond acceptors (Lipinski definition) is 4. The van der Waals surface area contributed by atoms with Gasteiger partial charge in [0.05, 0.1) is 24.2 Å². The van der Waals surface area contributed by atoms with Gasteiger partial charge in [-0.25, -0.2) is 4.79 Å². The van der Waals surface area contributed by atoms with E-state index in [2.05, 4.69) is 21.0 Å². The lowest BCUT2D eigenvalue weighted by Gasteiger charge is -2.22. The second kappa shape index (κ2) is 5.54. The van der Waals surface area contributed by atoms with E-state index in [4.69, 9.17) is 9.47 Å². The zero-order valence-corrected chi connectivity index (χ0v) is 12.7. The minimum absolute atomic E-state index is 0.362. The fraction of sp³-hybridized carbons (Fsp3) is 0.429.